The number of aliphatic hydroxyl groups is 1. The van der Waals surface area contributed by atoms with Gasteiger partial charge in [0.05, 0.1) is 27.0 Å². The van der Waals surface area contributed by atoms with E-state index in [0.717, 1.165) is 14.2 Å². The topological polar surface area (TPSA) is 107 Å². The molecular weight excluding hydrogens is 292 g/mol. The molecule has 0 aliphatic heterocycles. The van der Waals surface area contributed by atoms with Crippen LogP contribution in [0.15, 0.2) is 46.0 Å². The summed E-state index contributed by atoms with van der Waals surface area (Å²) in [6.45, 7) is 0. The third-order valence-corrected chi connectivity index (χ3v) is 2.53. The van der Waals surface area contributed by atoms with Gasteiger partial charge in [-0.3, -0.25) is 4.79 Å². The average molecular weight is 308 g/mol. The zero-order chi connectivity index (χ0) is 16.5. The number of azo groups is 1. The minimum atomic E-state index is -0.918. The number of hydrogen-bond donors (Lipinski definition) is 1. The molecule has 22 heavy (non-hydrogen) atoms. The van der Waals surface area contributed by atoms with E-state index < -0.39 is 29.8 Å². The van der Waals surface area contributed by atoms with Gasteiger partial charge in [-0.25, -0.2) is 4.79 Å². The first kappa shape index (κ1) is 17.2. The van der Waals surface area contributed by atoms with Crippen LogP contribution >= 0.6 is 0 Å². The Morgan fingerprint density at radius 2 is 1.73 bits per heavy atom. The third kappa shape index (κ3) is 4.89. The van der Waals surface area contributed by atoms with E-state index in [4.69, 9.17) is 4.74 Å². The lowest BCUT2D eigenvalue weighted by molar-refractivity contribution is -0.140. The molecule has 0 spiro atoms. The summed E-state index contributed by atoms with van der Waals surface area (Å²) in [7, 11) is 3.81. The fourth-order valence-corrected chi connectivity index (χ4v) is 1.36. The van der Waals surface area contributed by atoms with Crippen molar-refractivity contribution >= 4 is 17.6 Å². The minimum absolute atomic E-state index is 0.424. The molecule has 0 unspecified atom stereocenters. The highest BCUT2D eigenvalue weighted by Gasteiger charge is 2.18. The highest BCUT2D eigenvalue weighted by Crippen LogP contribution is 2.20. The van der Waals surface area contributed by atoms with Gasteiger partial charge < -0.3 is 19.3 Å². The molecule has 1 rings (SSSR count). The lowest BCUT2D eigenvalue weighted by atomic mass is 10.3. The van der Waals surface area contributed by atoms with E-state index in [1.54, 1.807) is 24.3 Å². The third-order valence-electron chi connectivity index (χ3n) is 2.53. The van der Waals surface area contributed by atoms with Crippen molar-refractivity contribution in [3.8, 4) is 5.75 Å². The van der Waals surface area contributed by atoms with Crippen LogP contribution in [0.1, 0.15) is 6.42 Å². The van der Waals surface area contributed by atoms with Gasteiger partial charge in [-0.05, 0) is 24.3 Å². The molecule has 118 valence electrons. The first-order valence-electron chi connectivity index (χ1n) is 6.14. The van der Waals surface area contributed by atoms with Crippen molar-refractivity contribution < 1.29 is 28.9 Å². The monoisotopic (exact) mass is 308 g/mol. The summed E-state index contributed by atoms with van der Waals surface area (Å²) in [5.74, 6) is -1.59. The van der Waals surface area contributed by atoms with Gasteiger partial charge in [-0.1, -0.05) is 0 Å². The Balaban J connectivity index is 3.01. The Hall–Kier alpha value is -2.90. The average Bonchev–Trinajstić information content (AvgIpc) is 2.55. The Morgan fingerprint density at radius 1 is 1.09 bits per heavy atom. The maximum atomic E-state index is 11.6. The van der Waals surface area contributed by atoms with Crippen LogP contribution in [0.5, 0.6) is 5.75 Å². The van der Waals surface area contributed by atoms with E-state index in [-0.39, 0.29) is 0 Å². The first-order chi connectivity index (χ1) is 10.5. The molecule has 0 heterocycles. The van der Waals surface area contributed by atoms with E-state index in [0.29, 0.717) is 11.4 Å². The van der Waals surface area contributed by atoms with Gasteiger partial charge in [0.25, 0.3) is 0 Å². The largest absolute Gasteiger partial charge is 0.509 e. The van der Waals surface area contributed by atoms with Gasteiger partial charge in [0.2, 0.25) is 5.70 Å². The van der Waals surface area contributed by atoms with Crippen molar-refractivity contribution in [3.05, 3.63) is 35.7 Å². The number of carbonyl (C=O) groups is 2. The van der Waals surface area contributed by atoms with Crippen molar-refractivity contribution in [2.24, 2.45) is 10.2 Å². The first-order valence-corrected chi connectivity index (χ1v) is 6.14. The number of aliphatic hydroxyl groups excluding tert-OH is 1. The van der Waals surface area contributed by atoms with E-state index >= 15 is 0 Å². The lowest BCUT2D eigenvalue weighted by Crippen LogP contribution is -2.09. The molecule has 1 N–H and O–H groups in total. The van der Waals surface area contributed by atoms with Gasteiger partial charge in [0.1, 0.15) is 17.9 Å². The molecule has 0 bridgehead atoms. The normalized spacial score (nSPS) is 11.8. The van der Waals surface area contributed by atoms with E-state index in [9.17, 15) is 14.7 Å². The zero-order valence-electron chi connectivity index (χ0n) is 12.4. The van der Waals surface area contributed by atoms with Crippen LogP contribution in [-0.2, 0) is 19.1 Å². The quantitative estimate of drug-likeness (QED) is 0.374. The molecule has 0 aliphatic rings. The fraction of sp³-hybridized carbons (Fsp3) is 0.286. The zero-order valence-corrected chi connectivity index (χ0v) is 12.4. The molecule has 1 aromatic rings. The number of rotatable bonds is 6. The molecule has 1 aromatic carbocycles. The molecule has 0 fully saturated rings. The maximum absolute atomic E-state index is 11.6. The summed E-state index contributed by atoms with van der Waals surface area (Å²) >= 11 is 0. The number of hydrogen-bond acceptors (Lipinski definition) is 8. The van der Waals surface area contributed by atoms with Gasteiger partial charge in [-0.15, -0.1) is 5.11 Å². The summed E-state index contributed by atoms with van der Waals surface area (Å²) < 4.78 is 13.9. The van der Waals surface area contributed by atoms with E-state index in [2.05, 4.69) is 19.7 Å². The lowest BCUT2D eigenvalue weighted by Gasteiger charge is -2.03. The Bertz CT molecular complexity index is 592. The molecule has 0 aliphatic carbocycles. The van der Waals surface area contributed by atoms with Crippen molar-refractivity contribution in [2.75, 3.05) is 21.3 Å². The number of esters is 2. The van der Waals surface area contributed by atoms with Crippen LogP contribution < -0.4 is 4.74 Å². The van der Waals surface area contributed by atoms with Crippen molar-refractivity contribution in [1.29, 1.82) is 0 Å². The molecule has 0 amide bonds. The predicted octanol–water partition coefficient (Wildman–Crippen LogP) is 2.28. The number of nitrogens with zero attached hydrogens (tertiary/aromatic N) is 2. The molecule has 0 radical (unpaired) electrons. The molecule has 0 saturated carbocycles. The molecular formula is C14H16N2O6. The van der Waals surface area contributed by atoms with Crippen LogP contribution in [-0.4, -0.2) is 38.4 Å². The second-order valence-electron chi connectivity index (χ2n) is 3.94. The standard InChI is InChI=1S/C14H16N2O6/c1-20-10-6-4-9(5-7-10)15-16-13(14(19)22-3)11(17)8-12(18)21-2/h4-7,17H,8H2,1-3H3. The van der Waals surface area contributed by atoms with Gasteiger partial charge in [0, 0.05) is 0 Å². The summed E-state index contributed by atoms with van der Waals surface area (Å²) in [4.78, 5) is 22.7. The van der Waals surface area contributed by atoms with Crippen molar-refractivity contribution in [1.82, 2.24) is 0 Å². The van der Waals surface area contributed by atoms with Crippen LogP contribution in [0, 0.1) is 0 Å². The highest BCUT2D eigenvalue weighted by atomic mass is 16.5. The predicted molar refractivity (Wildman–Crippen MR) is 75.8 cm³/mol. The number of ether oxygens (including phenoxy) is 3. The summed E-state index contributed by atoms with van der Waals surface area (Å²) in [5, 5.41) is 17.2. The molecule has 0 saturated heterocycles. The van der Waals surface area contributed by atoms with Gasteiger partial charge in [0.15, 0.2) is 0 Å². The van der Waals surface area contributed by atoms with Crippen LogP contribution in [0.25, 0.3) is 0 Å². The van der Waals surface area contributed by atoms with Crippen LogP contribution in [0.2, 0.25) is 0 Å². The van der Waals surface area contributed by atoms with Crippen molar-refractivity contribution in [3.63, 3.8) is 0 Å². The SMILES string of the molecule is COC(=O)CC(O)=C(N=Nc1ccc(OC)cc1)C(=O)OC. The molecule has 0 aromatic heterocycles. The Morgan fingerprint density at radius 3 is 2.23 bits per heavy atom. The van der Waals surface area contributed by atoms with Crippen molar-refractivity contribution in [2.45, 2.75) is 6.42 Å². The second kappa shape index (κ2) is 8.40. The van der Waals surface area contributed by atoms with Crippen LogP contribution in [0.3, 0.4) is 0 Å². The maximum Gasteiger partial charge on any atom is 0.362 e. The fourth-order valence-electron chi connectivity index (χ4n) is 1.36. The number of benzene rings is 1. The van der Waals surface area contributed by atoms with E-state index in [1.165, 1.54) is 7.11 Å². The second-order valence-corrected chi connectivity index (χ2v) is 3.94. The van der Waals surface area contributed by atoms with E-state index in [1.807, 2.05) is 0 Å². The Labute approximate surface area is 127 Å². The summed E-state index contributed by atoms with van der Waals surface area (Å²) in [5.41, 5.74) is -0.0446. The summed E-state index contributed by atoms with van der Waals surface area (Å²) in [6.07, 6.45) is -0.511. The molecule has 8 heteroatoms. The minimum Gasteiger partial charge on any atom is -0.509 e. The van der Waals surface area contributed by atoms with Gasteiger partial charge in [-0.2, -0.15) is 5.11 Å². The smallest absolute Gasteiger partial charge is 0.362 e. The van der Waals surface area contributed by atoms with Crippen LogP contribution in [0.4, 0.5) is 5.69 Å². The van der Waals surface area contributed by atoms with Gasteiger partial charge >= 0.3 is 11.9 Å². The number of carbonyl (C=O) groups excluding carboxylic acids is 2. The number of methoxy groups -OCH3 is 3. The molecule has 8 nitrogen and oxygen atoms in total. The summed E-state index contributed by atoms with van der Waals surface area (Å²) in [6, 6.07) is 6.53. The highest BCUT2D eigenvalue weighted by molar-refractivity contribution is 5.89. The Kier molecular flexibility index (Phi) is 6.55. The molecule has 0 atom stereocenters.